The van der Waals surface area contributed by atoms with Crippen LogP contribution >= 0.6 is 0 Å². The van der Waals surface area contributed by atoms with Gasteiger partial charge in [0.25, 0.3) is 6.02 Å². The van der Waals surface area contributed by atoms with Gasteiger partial charge in [0.05, 0.1) is 0 Å². The Balaban J connectivity index is 1.48. The van der Waals surface area contributed by atoms with Gasteiger partial charge in [-0.2, -0.15) is 0 Å². The molecule has 1 atom stereocenters. The van der Waals surface area contributed by atoms with Crippen molar-refractivity contribution in [2.45, 2.75) is 24.8 Å². The third-order valence-electron chi connectivity index (χ3n) is 5.77. The summed E-state index contributed by atoms with van der Waals surface area (Å²) in [5, 5.41) is 0. The van der Waals surface area contributed by atoms with Crippen molar-refractivity contribution in [3.8, 4) is 22.3 Å². The van der Waals surface area contributed by atoms with E-state index < -0.39 is 0 Å². The molecule has 0 amide bonds. The summed E-state index contributed by atoms with van der Waals surface area (Å²) in [4.78, 5) is 4.60. The molecule has 1 aliphatic heterocycles. The molecule has 2 N–H and O–H groups in total. The fourth-order valence-electron chi connectivity index (χ4n) is 4.36. The predicted molar refractivity (Wildman–Crippen MR) is 110 cm³/mol. The van der Waals surface area contributed by atoms with Gasteiger partial charge in [-0.05, 0) is 46.2 Å². The molecule has 2 aliphatic rings. The van der Waals surface area contributed by atoms with Gasteiger partial charge in [0.1, 0.15) is 12.1 Å². The van der Waals surface area contributed by atoms with Crippen molar-refractivity contribution in [1.82, 2.24) is 0 Å². The van der Waals surface area contributed by atoms with E-state index in [1.807, 2.05) is 6.07 Å². The number of fused-ring (bicyclic) bond motifs is 1. The van der Waals surface area contributed by atoms with Crippen LogP contribution in [0.4, 0.5) is 0 Å². The lowest BCUT2D eigenvalue weighted by molar-refractivity contribution is 0.235. The number of rotatable bonds is 2. The van der Waals surface area contributed by atoms with Gasteiger partial charge in [0.2, 0.25) is 0 Å². The summed E-state index contributed by atoms with van der Waals surface area (Å²) in [6, 6.07) is 26.3. The van der Waals surface area contributed by atoms with Crippen molar-refractivity contribution >= 4 is 6.02 Å². The molecule has 3 heteroatoms. The Morgan fingerprint density at radius 3 is 2.30 bits per heavy atom. The molecule has 5 rings (SSSR count). The highest BCUT2D eigenvalue weighted by atomic mass is 16.5. The zero-order valence-corrected chi connectivity index (χ0v) is 15.2. The van der Waals surface area contributed by atoms with E-state index >= 15 is 0 Å². The number of hydrogen-bond acceptors (Lipinski definition) is 3. The maximum atomic E-state index is 5.77. The predicted octanol–water partition coefficient (Wildman–Crippen LogP) is 4.59. The summed E-state index contributed by atoms with van der Waals surface area (Å²) in [7, 11) is 0. The molecule has 0 unspecified atom stereocenters. The number of ether oxygens (including phenoxy) is 1. The van der Waals surface area contributed by atoms with E-state index in [0.29, 0.717) is 12.6 Å². The van der Waals surface area contributed by atoms with Crippen molar-refractivity contribution in [3.63, 3.8) is 0 Å². The van der Waals surface area contributed by atoms with E-state index in [4.69, 9.17) is 10.5 Å². The lowest BCUT2D eigenvalue weighted by atomic mass is 9.76. The molecule has 0 radical (unpaired) electrons. The Morgan fingerprint density at radius 1 is 0.815 bits per heavy atom. The molecular formula is C24H22N2O. The lowest BCUT2D eigenvalue weighted by Crippen LogP contribution is -2.35. The summed E-state index contributed by atoms with van der Waals surface area (Å²) in [6.45, 7) is 0.605. The second-order valence-electron chi connectivity index (χ2n) is 7.53. The topological polar surface area (TPSA) is 47.6 Å². The summed E-state index contributed by atoms with van der Waals surface area (Å²) in [5.74, 6) is 0. The summed E-state index contributed by atoms with van der Waals surface area (Å²) in [5.41, 5.74) is 13.5. The fourth-order valence-corrected chi connectivity index (χ4v) is 4.36. The molecule has 0 bridgehead atoms. The zero-order chi connectivity index (χ0) is 18.3. The maximum Gasteiger partial charge on any atom is 0.282 e. The van der Waals surface area contributed by atoms with Crippen molar-refractivity contribution in [1.29, 1.82) is 0 Å². The van der Waals surface area contributed by atoms with E-state index in [0.717, 1.165) is 19.3 Å². The maximum absolute atomic E-state index is 5.77. The first-order valence-electron chi connectivity index (χ1n) is 9.47. The molecular weight excluding hydrogens is 332 g/mol. The molecule has 27 heavy (non-hydrogen) atoms. The minimum atomic E-state index is -0.160. The van der Waals surface area contributed by atoms with Gasteiger partial charge in [0.15, 0.2) is 0 Å². The Morgan fingerprint density at radius 2 is 1.56 bits per heavy atom. The minimum Gasteiger partial charge on any atom is -0.463 e. The number of aliphatic imine (C=N–C) groups is 1. The third-order valence-corrected chi connectivity index (χ3v) is 5.77. The van der Waals surface area contributed by atoms with Crippen LogP contribution in [0.1, 0.15) is 17.5 Å². The van der Waals surface area contributed by atoms with Crippen molar-refractivity contribution in [3.05, 3.63) is 83.9 Å². The summed E-state index contributed by atoms with van der Waals surface area (Å²) >= 11 is 0. The molecule has 3 nitrogen and oxygen atoms in total. The van der Waals surface area contributed by atoms with Gasteiger partial charge in [-0.25, -0.2) is 4.99 Å². The van der Waals surface area contributed by atoms with Crippen molar-refractivity contribution < 1.29 is 4.74 Å². The highest BCUT2D eigenvalue weighted by Crippen LogP contribution is 2.39. The van der Waals surface area contributed by atoms with E-state index in [-0.39, 0.29) is 5.54 Å². The molecule has 1 heterocycles. The fraction of sp³-hybridized carbons (Fsp3) is 0.208. The number of hydrogen-bond donors (Lipinski definition) is 1. The van der Waals surface area contributed by atoms with Gasteiger partial charge in [-0.1, -0.05) is 72.8 Å². The second-order valence-corrected chi connectivity index (χ2v) is 7.53. The molecule has 0 saturated heterocycles. The third kappa shape index (κ3) is 2.89. The molecule has 3 aromatic carbocycles. The largest absolute Gasteiger partial charge is 0.463 e. The standard InChI is InChI=1S/C24H22N2O/c25-23-26-24(16-27-23)14-13-22-20(15-24)7-4-8-21(22)19-11-9-18(10-12-19)17-5-2-1-3-6-17/h1-12H,13-16H2,(H2,25,26)/t24-/m0/s1. The zero-order valence-electron chi connectivity index (χ0n) is 15.2. The van der Waals surface area contributed by atoms with Gasteiger partial charge in [-0.3, -0.25) is 0 Å². The molecule has 0 saturated carbocycles. The van der Waals surface area contributed by atoms with Gasteiger partial charge >= 0.3 is 0 Å². The number of nitrogens with two attached hydrogens (primary N) is 1. The van der Waals surface area contributed by atoms with Crippen LogP contribution in [0.25, 0.3) is 22.3 Å². The monoisotopic (exact) mass is 354 g/mol. The van der Waals surface area contributed by atoms with Crippen molar-refractivity contribution in [2.75, 3.05) is 6.61 Å². The van der Waals surface area contributed by atoms with Crippen LogP contribution < -0.4 is 5.73 Å². The Hall–Kier alpha value is -3.07. The second kappa shape index (κ2) is 6.27. The summed E-state index contributed by atoms with van der Waals surface area (Å²) < 4.78 is 5.46. The smallest absolute Gasteiger partial charge is 0.282 e. The van der Waals surface area contributed by atoms with Crippen LogP contribution in [0.2, 0.25) is 0 Å². The average molecular weight is 354 g/mol. The molecule has 0 fully saturated rings. The highest BCUT2D eigenvalue weighted by Gasteiger charge is 2.39. The van der Waals surface area contributed by atoms with Gasteiger partial charge in [0, 0.05) is 6.42 Å². The van der Waals surface area contributed by atoms with Crippen LogP contribution in [-0.4, -0.2) is 18.2 Å². The SMILES string of the molecule is NC1=N[C@]2(CCc3c(cccc3-c3ccc(-c4ccccc4)cc3)C2)CO1. The van der Waals surface area contributed by atoms with Crippen molar-refractivity contribution in [2.24, 2.45) is 10.7 Å². The molecule has 134 valence electrons. The van der Waals surface area contributed by atoms with E-state index in [2.05, 4.69) is 71.7 Å². The van der Waals surface area contributed by atoms with Gasteiger partial charge in [-0.15, -0.1) is 0 Å². The van der Waals surface area contributed by atoms with Crippen LogP contribution in [0, 0.1) is 0 Å². The normalized spacial score (nSPS) is 20.8. The number of benzene rings is 3. The van der Waals surface area contributed by atoms with Gasteiger partial charge < -0.3 is 10.5 Å². The molecule has 1 aliphatic carbocycles. The Labute approximate surface area is 159 Å². The minimum absolute atomic E-state index is 0.160. The van der Waals surface area contributed by atoms with Crippen LogP contribution in [0.3, 0.4) is 0 Å². The molecule has 0 aromatic heterocycles. The highest BCUT2D eigenvalue weighted by molar-refractivity contribution is 5.75. The van der Waals surface area contributed by atoms with Crippen LogP contribution in [0.15, 0.2) is 77.8 Å². The van der Waals surface area contributed by atoms with Crippen LogP contribution in [0.5, 0.6) is 0 Å². The number of nitrogens with zero attached hydrogens (tertiary/aromatic N) is 1. The first kappa shape index (κ1) is 16.1. The van der Waals surface area contributed by atoms with E-state index in [1.165, 1.54) is 33.4 Å². The average Bonchev–Trinajstić information content (AvgIpc) is 3.08. The molecule has 1 spiro atoms. The Kier molecular flexibility index (Phi) is 3.75. The quantitative estimate of drug-likeness (QED) is 0.731. The first-order valence-corrected chi connectivity index (χ1v) is 9.47. The van der Waals surface area contributed by atoms with Crippen LogP contribution in [-0.2, 0) is 17.6 Å². The summed E-state index contributed by atoms with van der Waals surface area (Å²) in [6.07, 6.45) is 2.89. The Bertz CT molecular complexity index is 1010. The first-order chi connectivity index (χ1) is 13.2. The number of amidine groups is 1. The van der Waals surface area contributed by atoms with E-state index in [9.17, 15) is 0 Å². The van der Waals surface area contributed by atoms with E-state index in [1.54, 1.807) is 0 Å². The molecule has 3 aromatic rings. The lowest BCUT2D eigenvalue weighted by Gasteiger charge is -2.31.